The van der Waals surface area contributed by atoms with Crippen molar-refractivity contribution in [1.82, 2.24) is 10.6 Å². The van der Waals surface area contributed by atoms with Crippen LogP contribution in [0.4, 0.5) is 5.69 Å². The predicted molar refractivity (Wildman–Crippen MR) is 100 cm³/mol. The summed E-state index contributed by atoms with van der Waals surface area (Å²) in [5.41, 5.74) is 1.85. The van der Waals surface area contributed by atoms with Crippen molar-refractivity contribution >= 4 is 28.9 Å². The highest BCUT2D eigenvalue weighted by atomic mass is 32.1. The fourth-order valence-corrected chi connectivity index (χ4v) is 3.94. The molecule has 0 aliphatic carbocycles. The summed E-state index contributed by atoms with van der Waals surface area (Å²) in [6, 6.07) is 15.2. The average molecular weight is 353 g/mol. The van der Waals surface area contributed by atoms with Gasteiger partial charge in [0.2, 0.25) is 5.91 Å². The van der Waals surface area contributed by atoms with Crippen LogP contribution >= 0.6 is 12.2 Å². The molecule has 0 saturated carbocycles. The molecular weight excluding hydrogens is 334 g/mol. The molecule has 5 nitrogen and oxygen atoms in total. The van der Waals surface area contributed by atoms with Crippen LogP contribution < -0.4 is 20.7 Å². The van der Waals surface area contributed by atoms with E-state index < -0.39 is 11.6 Å². The minimum absolute atomic E-state index is 0.112. The number of ether oxygens (including phenoxy) is 1. The quantitative estimate of drug-likeness (QED) is 0.725. The number of aryl methyl sites for hydroxylation is 1. The maximum atomic E-state index is 13.1. The summed E-state index contributed by atoms with van der Waals surface area (Å²) >= 11 is 5.32. The zero-order valence-corrected chi connectivity index (χ0v) is 14.8. The van der Waals surface area contributed by atoms with Crippen molar-refractivity contribution in [3.8, 4) is 5.75 Å². The summed E-state index contributed by atoms with van der Waals surface area (Å²) in [4.78, 5) is 13.1. The number of hydrogen-bond acceptors (Lipinski definition) is 3. The maximum Gasteiger partial charge on any atom is 0.236 e. The molecule has 1 fully saturated rings. The minimum atomic E-state index is -0.909. The zero-order valence-electron chi connectivity index (χ0n) is 14.0. The molecule has 2 aromatic carbocycles. The molecule has 1 amide bonds. The van der Waals surface area contributed by atoms with Gasteiger partial charge in [0.25, 0.3) is 0 Å². The molecule has 1 saturated heterocycles. The van der Waals surface area contributed by atoms with Gasteiger partial charge in [-0.25, -0.2) is 0 Å². The van der Waals surface area contributed by atoms with Crippen LogP contribution in [-0.2, 0) is 4.79 Å². The fraction of sp³-hybridized carbons (Fsp3) is 0.263. The van der Waals surface area contributed by atoms with Gasteiger partial charge in [-0.2, -0.15) is 0 Å². The van der Waals surface area contributed by atoms with Gasteiger partial charge < -0.3 is 20.7 Å². The number of nitrogens with one attached hydrogen (secondary N) is 3. The number of amides is 1. The Bertz CT molecular complexity index is 869. The molecule has 4 rings (SSSR count). The van der Waals surface area contributed by atoms with Crippen molar-refractivity contribution in [1.29, 1.82) is 0 Å². The second-order valence-corrected chi connectivity index (χ2v) is 7.01. The van der Waals surface area contributed by atoms with E-state index >= 15 is 0 Å². The van der Waals surface area contributed by atoms with Crippen LogP contribution in [0.25, 0.3) is 0 Å². The third-order valence-corrected chi connectivity index (χ3v) is 5.06. The number of thiocarbonyl (C=S) groups is 1. The summed E-state index contributed by atoms with van der Waals surface area (Å²) in [7, 11) is 0. The van der Waals surface area contributed by atoms with Crippen molar-refractivity contribution in [2.24, 2.45) is 5.92 Å². The fourth-order valence-electron chi connectivity index (χ4n) is 3.61. The van der Waals surface area contributed by atoms with Crippen LogP contribution in [0, 0.1) is 12.8 Å². The first-order valence-corrected chi connectivity index (χ1v) is 8.62. The molecule has 25 heavy (non-hydrogen) atoms. The average Bonchev–Trinajstić information content (AvgIpc) is 2.55. The molecule has 0 spiro atoms. The Morgan fingerprint density at radius 1 is 1.20 bits per heavy atom. The Labute approximate surface area is 151 Å². The molecule has 0 aromatic heterocycles. The van der Waals surface area contributed by atoms with Gasteiger partial charge in [0.05, 0.1) is 6.04 Å². The number of fused-ring (bicyclic) bond motifs is 4. The van der Waals surface area contributed by atoms with Gasteiger partial charge in [0.15, 0.2) is 10.8 Å². The van der Waals surface area contributed by atoms with Gasteiger partial charge in [-0.1, -0.05) is 36.4 Å². The van der Waals surface area contributed by atoms with Crippen LogP contribution in [0.3, 0.4) is 0 Å². The lowest BCUT2D eigenvalue weighted by Gasteiger charge is -2.50. The molecule has 2 aromatic rings. The molecule has 2 aliphatic rings. The zero-order chi connectivity index (χ0) is 17.6. The molecule has 2 aliphatic heterocycles. The normalized spacial score (nSPS) is 26.6. The third-order valence-electron chi connectivity index (χ3n) is 4.84. The van der Waals surface area contributed by atoms with Crippen molar-refractivity contribution < 1.29 is 9.53 Å². The highest BCUT2D eigenvalue weighted by Crippen LogP contribution is 2.45. The lowest BCUT2D eigenvalue weighted by Crippen LogP contribution is -2.70. The standard InChI is InChI=1S/C19H19N3O2S/c1-11-7-3-5-9-13(11)20-17(23)15-16-12-8-4-6-10-14(12)24-19(15,2)22-18(25)21-16/h3-10,15-16H,1-2H3,(H,20,23)(H2,21,22,25)/t15-,16+,19+/m1/s1. The Morgan fingerprint density at radius 3 is 2.72 bits per heavy atom. The molecular formula is C19H19N3O2S. The number of carbonyl (C=O) groups is 1. The Balaban J connectivity index is 1.72. The maximum absolute atomic E-state index is 13.1. The Morgan fingerprint density at radius 2 is 1.92 bits per heavy atom. The molecule has 2 bridgehead atoms. The lowest BCUT2D eigenvalue weighted by atomic mass is 9.80. The molecule has 128 valence electrons. The molecule has 0 unspecified atom stereocenters. The molecule has 3 atom stereocenters. The highest BCUT2D eigenvalue weighted by molar-refractivity contribution is 7.80. The van der Waals surface area contributed by atoms with Gasteiger partial charge in [-0.05, 0) is 43.8 Å². The van der Waals surface area contributed by atoms with E-state index in [1.54, 1.807) is 0 Å². The van der Waals surface area contributed by atoms with E-state index in [4.69, 9.17) is 17.0 Å². The van der Waals surface area contributed by atoms with Crippen molar-refractivity contribution in [3.05, 3.63) is 59.7 Å². The second-order valence-electron chi connectivity index (χ2n) is 6.60. The van der Waals surface area contributed by atoms with E-state index in [9.17, 15) is 4.79 Å². The summed E-state index contributed by atoms with van der Waals surface area (Å²) < 4.78 is 6.16. The lowest BCUT2D eigenvalue weighted by molar-refractivity contribution is -0.132. The van der Waals surface area contributed by atoms with Gasteiger partial charge in [-0.3, -0.25) is 4.79 Å². The summed E-state index contributed by atoms with van der Waals surface area (Å²) in [5.74, 6) is 0.171. The summed E-state index contributed by atoms with van der Waals surface area (Å²) in [6.07, 6.45) is 0. The summed E-state index contributed by atoms with van der Waals surface area (Å²) in [5, 5.41) is 9.90. The minimum Gasteiger partial charge on any atom is -0.467 e. The largest absolute Gasteiger partial charge is 0.467 e. The number of hydrogen-bond donors (Lipinski definition) is 3. The first-order chi connectivity index (χ1) is 12.0. The topological polar surface area (TPSA) is 62.4 Å². The van der Waals surface area contributed by atoms with E-state index in [0.717, 1.165) is 22.6 Å². The molecule has 2 heterocycles. The molecule has 3 N–H and O–H groups in total. The van der Waals surface area contributed by atoms with E-state index in [0.29, 0.717) is 5.11 Å². The predicted octanol–water partition coefficient (Wildman–Crippen LogP) is 2.88. The van der Waals surface area contributed by atoms with Gasteiger partial charge in [0.1, 0.15) is 11.7 Å². The Hall–Kier alpha value is -2.60. The van der Waals surface area contributed by atoms with Crippen molar-refractivity contribution in [3.63, 3.8) is 0 Å². The smallest absolute Gasteiger partial charge is 0.236 e. The number of anilines is 1. The van der Waals surface area contributed by atoms with Crippen molar-refractivity contribution in [2.75, 3.05) is 5.32 Å². The number of para-hydroxylation sites is 2. The number of benzene rings is 2. The van der Waals surface area contributed by atoms with E-state index in [2.05, 4.69) is 16.0 Å². The number of rotatable bonds is 2. The van der Waals surface area contributed by atoms with E-state index in [1.165, 1.54) is 0 Å². The van der Waals surface area contributed by atoms with Crippen LogP contribution in [0.1, 0.15) is 24.1 Å². The van der Waals surface area contributed by atoms with E-state index in [-0.39, 0.29) is 11.9 Å². The molecule has 0 radical (unpaired) electrons. The third kappa shape index (κ3) is 2.62. The van der Waals surface area contributed by atoms with Crippen LogP contribution in [0.5, 0.6) is 5.75 Å². The van der Waals surface area contributed by atoms with Crippen molar-refractivity contribution in [2.45, 2.75) is 25.6 Å². The SMILES string of the molecule is Cc1ccccc1NC(=O)[C@H]1[C@H]2NC(=S)N[C@@]1(C)Oc1ccccc12. The van der Waals surface area contributed by atoms with E-state index in [1.807, 2.05) is 62.4 Å². The van der Waals surface area contributed by atoms with Crippen LogP contribution in [0.15, 0.2) is 48.5 Å². The van der Waals surface area contributed by atoms with Crippen LogP contribution in [0.2, 0.25) is 0 Å². The summed E-state index contributed by atoms with van der Waals surface area (Å²) in [6.45, 7) is 3.83. The Kier molecular flexibility index (Phi) is 3.65. The monoisotopic (exact) mass is 353 g/mol. The van der Waals surface area contributed by atoms with Gasteiger partial charge in [-0.15, -0.1) is 0 Å². The van der Waals surface area contributed by atoms with Gasteiger partial charge in [0, 0.05) is 11.3 Å². The van der Waals surface area contributed by atoms with Gasteiger partial charge >= 0.3 is 0 Å². The highest BCUT2D eigenvalue weighted by Gasteiger charge is 2.54. The second kappa shape index (κ2) is 5.74. The first-order valence-electron chi connectivity index (χ1n) is 8.21. The van der Waals surface area contributed by atoms with Crippen LogP contribution in [-0.4, -0.2) is 16.7 Å². The first kappa shape index (κ1) is 15.9. The molecule has 6 heteroatoms. The number of carbonyl (C=O) groups excluding carboxylic acids is 1.